The molecule has 80 valence electrons. The summed E-state index contributed by atoms with van der Waals surface area (Å²) in [5.41, 5.74) is -1.07. The molecule has 6 nitrogen and oxygen atoms in total. The lowest BCUT2D eigenvalue weighted by molar-refractivity contribution is 0.637. The first-order chi connectivity index (χ1) is 7.25. The average molecular weight is 208 g/mol. The Hall–Kier alpha value is -1.85. The van der Waals surface area contributed by atoms with Crippen molar-refractivity contribution in [3.8, 4) is 0 Å². The smallest absolute Gasteiger partial charge is 0.342 e. The minimum atomic E-state index is -0.589. The molecule has 1 heterocycles. The molecule has 0 aromatic carbocycles. The van der Waals surface area contributed by atoms with Gasteiger partial charge in [-0.1, -0.05) is 12.2 Å². The molecule has 1 aromatic rings. The lowest BCUT2D eigenvalue weighted by atomic mass is 10.0. The Morgan fingerprint density at radius 3 is 2.93 bits per heavy atom. The zero-order chi connectivity index (χ0) is 10.7. The van der Waals surface area contributed by atoms with Gasteiger partial charge in [0, 0.05) is 6.04 Å². The molecule has 0 saturated heterocycles. The highest BCUT2D eigenvalue weighted by molar-refractivity contribution is 5.31. The fourth-order valence-electron chi connectivity index (χ4n) is 1.56. The average Bonchev–Trinajstić information content (AvgIpc) is 2.24. The second kappa shape index (κ2) is 4.12. The van der Waals surface area contributed by atoms with E-state index in [0.717, 1.165) is 19.3 Å². The third-order valence-corrected chi connectivity index (χ3v) is 2.32. The Labute approximate surface area is 85.4 Å². The molecule has 3 N–H and O–H groups in total. The summed E-state index contributed by atoms with van der Waals surface area (Å²) in [7, 11) is 0. The number of aromatic nitrogens is 3. The molecule has 0 amide bonds. The summed E-state index contributed by atoms with van der Waals surface area (Å²) in [6.45, 7) is 0. The van der Waals surface area contributed by atoms with Crippen molar-refractivity contribution in [2.24, 2.45) is 0 Å². The van der Waals surface area contributed by atoms with Crippen LogP contribution in [0.25, 0.3) is 0 Å². The third-order valence-electron chi connectivity index (χ3n) is 2.32. The second-order valence-corrected chi connectivity index (χ2v) is 3.48. The summed E-state index contributed by atoms with van der Waals surface area (Å²) < 4.78 is 0. The Bertz CT molecular complexity index is 473. The van der Waals surface area contributed by atoms with Gasteiger partial charge in [0.15, 0.2) is 0 Å². The quantitative estimate of drug-likeness (QED) is 0.596. The van der Waals surface area contributed by atoms with Gasteiger partial charge in [0.2, 0.25) is 5.82 Å². The van der Waals surface area contributed by atoms with E-state index >= 15 is 0 Å². The van der Waals surface area contributed by atoms with E-state index in [1.807, 2.05) is 0 Å². The number of hydrogen-bond acceptors (Lipinski definition) is 4. The molecule has 15 heavy (non-hydrogen) atoms. The summed E-state index contributed by atoms with van der Waals surface area (Å²) in [6, 6.07) is 0.217. The molecule has 0 saturated carbocycles. The maximum atomic E-state index is 11.3. The maximum absolute atomic E-state index is 11.3. The largest absolute Gasteiger partial charge is 0.361 e. The van der Waals surface area contributed by atoms with Gasteiger partial charge in [-0.2, -0.15) is 0 Å². The van der Waals surface area contributed by atoms with Crippen LogP contribution in [-0.2, 0) is 0 Å². The van der Waals surface area contributed by atoms with Crippen LogP contribution in [0.15, 0.2) is 21.7 Å². The van der Waals surface area contributed by atoms with E-state index in [1.54, 1.807) is 0 Å². The van der Waals surface area contributed by atoms with E-state index in [9.17, 15) is 9.59 Å². The van der Waals surface area contributed by atoms with Crippen LogP contribution < -0.4 is 16.6 Å². The molecule has 1 aromatic heterocycles. The summed E-state index contributed by atoms with van der Waals surface area (Å²) in [5.74, 6) is 0.176. The van der Waals surface area contributed by atoms with Crippen LogP contribution in [0.5, 0.6) is 0 Å². The Morgan fingerprint density at radius 2 is 2.27 bits per heavy atom. The SMILES string of the molecule is O=c1[nH]nc(NC2CC=CCC2)c(=O)[nH]1. The molecular weight excluding hydrogens is 196 g/mol. The molecule has 1 unspecified atom stereocenters. The first-order valence-corrected chi connectivity index (χ1v) is 4.86. The minimum absolute atomic E-state index is 0.176. The first kappa shape index (κ1) is 9.70. The third kappa shape index (κ3) is 2.34. The van der Waals surface area contributed by atoms with Crippen LogP contribution in [0.3, 0.4) is 0 Å². The Kier molecular flexibility index (Phi) is 2.66. The first-order valence-electron chi connectivity index (χ1n) is 4.86. The van der Waals surface area contributed by atoms with E-state index in [0.29, 0.717) is 0 Å². The molecule has 1 aliphatic rings. The van der Waals surface area contributed by atoms with Crippen LogP contribution >= 0.6 is 0 Å². The van der Waals surface area contributed by atoms with E-state index in [-0.39, 0.29) is 11.9 Å². The zero-order valence-electron chi connectivity index (χ0n) is 8.12. The van der Waals surface area contributed by atoms with Gasteiger partial charge in [0.1, 0.15) is 0 Å². The number of nitrogens with zero attached hydrogens (tertiary/aromatic N) is 1. The predicted octanol–water partition coefficient (Wildman–Crippen LogP) is -0.0212. The van der Waals surface area contributed by atoms with Crippen molar-refractivity contribution in [3.05, 3.63) is 33.0 Å². The molecule has 0 aliphatic heterocycles. The standard InChI is InChI=1S/C9H12N4O2/c14-8-7(12-13-9(15)11-8)10-6-4-2-1-3-5-6/h1-2,6H,3-5H2,(H,10,12)(H2,11,13,14,15). The highest BCUT2D eigenvalue weighted by Gasteiger charge is 2.12. The number of rotatable bonds is 2. The Morgan fingerprint density at radius 1 is 1.40 bits per heavy atom. The van der Waals surface area contributed by atoms with Crippen molar-refractivity contribution >= 4 is 5.82 Å². The van der Waals surface area contributed by atoms with Crippen molar-refractivity contribution < 1.29 is 0 Å². The summed E-state index contributed by atoms with van der Waals surface area (Å²) >= 11 is 0. The van der Waals surface area contributed by atoms with Crippen molar-refractivity contribution in [2.75, 3.05) is 5.32 Å². The lowest BCUT2D eigenvalue weighted by Crippen LogP contribution is -2.31. The minimum Gasteiger partial charge on any atom is -0.361 e. The number of allylic oxidation sites excluding steroid dienone is 1. The molecule has 0 fully saturated rings. The number of nitrogens with one attached hydrogen (secondary N) is 3. The predicted molar refractivity (Wildman–Crippen MR) is 55.9 cm³/mol. The van der Waals surface area contributed by atoms with Gasteiger partial charge in [0.05, 0.1) is 0 Å². The zero-order valence-corrected chi connectivity index (χ0v) is 8.12. The molecule has 0 radical (unpaired) electrons. The molecule has 2 rings (SSSR count). The molecule has 1 atom stereocenters. The topological polar surface area (TPSA) is 90.6 Å². The van der Waals surface area contributed by atoms with Gasteiger partial charge in [0.25, 0.3) is 5.56 Å². The van der Waals surface area contributed by atoms with Crippen LogP contribution in [0, 0.1) is 0 Å². The van der Waals surface area contributed by atoms with Gasteiger partial charge in [-0.3, -0.25) is 9.78 Å². The maximum Gasteiger partial charge on any atom is 0.342 e. The Balaban J connectivity index is 2.13. The van der Waals surface area contributed by atoms with Crippen LogP contribution in [0.4, 0.5) is 5.82 Å². The van der Waals surface area contributed by atoms with Crippen molar-refractivity contribution in [2.45, 2.75) is 25.3 Å². The summed E-state index contributed by atoms with van der Waals surface area (Å²) in [6.07, 6.45) is 7.03. The number of H-pyrrole nitrogens is 2. The van der Waals surface area contributed by atoms with E-state index in [2.05, 4.69) is 32.7 Å². The summed E-state index contributed by atoms with van der Waals surface area (Å²) in [4.78, 5) is 24.1. The van der Waals surface area contributed by atoms with Crippen LogP contribution in [0.2, 0.25) is 0 Å². The molecule has 6 heteroatoms. The van der Waals surface area contributed by atoms with Gasteiger partial charge < -0.3 is 5.32 Å². The fraction of sp³-hybridized carbons (Fsp3) is 0.444. The highest BCUT2D eigenvalue weighted by atomic mass is 16.2. The fourth-order valence-corrected chi connectivity index (χ4v) is 1.56. The molecule has 1 aliphatic carbocycles. The van der Waals surface area contributed by atoms with Gasteiger partial charge >= 0.3 is 5.69 Å². The number of aromatic amines is 2. The number of hydrogen-bond donors (Lipinski definition) is 3. The van der Waals surface area contributed by atoms with Crippen LogP contribution in [-0.4, -0.2) is 21.2 Å². The monoisotopic (exact) mass is 208 g/mol. The molecule has 0 bridgehead atoms. The van der Waals surface area contributed by atoms with Gasteiger partial charge in [-0.05, 0) is 19.3 Å². The van der Waals surface area contributed by atoms with Crippen molar-refractivity contribution in [1.29, 1.82) is 0 Å². The number of anilines is 1. The summed E-state index contributed by atoms with van der Waals surface area (Å²) in [5, 5.41) is 8.84. The normalized spacial score (nSPS) is 20.1. The highest BCUT2D eigenvalue weighted by Crippen LogP contribution is 2.13. The van der Waals surface area contributed by atoms with E-state index < -0.39 is 11.2 Å². The molecular formula is C9H12N4O2. The van der Waals surface area contributed by atoms with E-state index in [1.165, 1.54) is 0 Å². The molecule has 0 spiro atoms. The van der Waals surface area contributed by atoms with E-state index in [4.69, 9.17) is 0 Å². The van der Waals surface area contributed by atoms with Gasteiger partial charge in [-0.15, -0.1) is 5.10 Å². The second-order valence-electron chi connectivity index (χ2n) is 3.48. The van der Waals surface area contributed by atoms with Crippen molar-refractivity contribution in [1.82, 2.24) is 15.2 Å². The van der Waals surface area contributed by atoms with Crippen molar-refractivity contribution in [3.63, 3.8) is 0 Å². The van der Waals surface area contributed by atoms with Crippen LogP contribution in [0.1, 0.15) is 19.3 Å². The lowest BCUT2D eigenvalue weighted by Gasteiger charge is -2.18. The van der Waals surface area contributed by atoms with Gasteiger partial charge in [-0.25, -0.2) is 9.89 Å².